The van der Waals surface area contributed by atoms with Gasteiger partial charge in [0, 0.05) is 6.04 Å². The molecule has 2 aliphatic rings. The van der Waals surface area contributed by atoms with Crippen molar-refractivity contribution in [2.75, 3.05) is 0 Å². The van der Waals surface area contributed by atoms with Gasteiger partial charge in [0.1, 0.15) is 5.76 Å². The van der Waals surface area contributed by atoms with Gasteiger partial charge in [-0.15, -0.1) is 0 Å². The Morgan fingerprint density at radius 3 is 2.85 bits per heavy atom. The van der Waals surface area contributed by atoms with Crippen LogP contribution in [-0.2, 0) is 6.54 Å². The number of furan rings is 1. The first-order valence-electron chi connectivity index (χ1n) is 5.23. The third kappa shape index (κ3) is 1.63. The molecule has 13 heavy (non-hydrogen) atoms. The van der Waals surface area contributed by atoms with Crippen LogP contribution in [0.1, 0.15) is 42.9 Å². The average molecular weight is 177 g/mol. The minimum absolute atomic E-state index is 0.775. The molecule has 0 radical (unpaired) electrons. The van der Waals surface area contributed by atoms with Gasteiger partial charge in [0.05, 0.1) is 12.8 Å². The van der Waals surface area contributed by atoms with Crippen molar-refractivity contribution in [2.24, 2.45) is 0 Å². The fourth-order valence-corrected chi connectivity index (χ4v) is 1.78. The molecule has 1 heterocycles. The topological polar surface area (TPSA) is 25.2 Å². The molecule has 0 aromatic carbocycles. The lowest BCUT2D eigenvalue weighted by Crippen LogP contribution is -2.15. The predicted molar refractivity (Wildman–Crippen MR) is 50.5 cm³/mol. The van der Waals surface area contributed by atoms with Crippen LogP contribution in [0.5, 0.6) is 0 Å². The molecule has 0 spiro atoms. The molecule has 3 rings (SSSR count). The van der Waals surface area contributed by atoms with Gasteiger partial charge in [-0.05, 0) is 43.2 Å². The summed E-state index contributed by atoms with van der Waals surface area (Å²) in [6, 6.07) is 2.92. The van der Waals surface area contributed by atoms with Crippen LogP contribution in [0.4, 0.5) is 0 Å². The third-order valence-corrected chi connectivity index (χ3v) is 2.93. The summed E-state index contributed by atoms with van der Waals surface area (Å²) in [5, 5.41) is 3.49. The van der Waals surface area contributed by atoms with Gasteiger partial charge in [-0.2, -0.15) is 0 Å². The van der Waals surface area contributed by atoms with E-state index in [1.165, 1.54) is 37.0 Å². The van der Waals surface area contributed by atoms with Crippen molar-refractivity contribution < 1.29 is 4.42 Å². The lowest BCUT2D eigenvalue weighted by molar-refractivity contribution is 0.477. The summed E-state index contributed by atoms with van der Waals surface area (Å²) >= 11 is 0. The molecule has 2 nitrogen and oxygen atoms in total. The van der Waals surface area contributed by atoms with Crippen molar-refractivity contribution in [3.63, 3.8) is 0 Å². The maximum atomic E-state index is 5.48. The van der Waals surface area contributed by atoms with Crippen molar-refractivity contribution in [3.8, 4) is 0 Å². The number of hydrogen-bond acceptors (Lipinski definition) is 2. The summed E-state index contributed by atoms with van der Waals surface area (Å²) in [5.41, 5.74) is 1.45. The monoisotopic (exact) mass is 177 g/mol. The van der Waals surface area contributed by atoms with Crippen LogP contribution in [-0.4, -0.2) is 6.04 Å². The Hall–Kier alpha value is -0.760. The van der Waals surface area contributed by atoms with E-state index in [0.717, 1.165) is 18.5 Å². The molecule has 1 N–H and O–H groups in total. The second kappa shape index (κ2) is 2.88. The summed E-state index contributed by atoms with van der Waals surface area (Å²) < 4.78 is 5.48. The van der Waals surface area contributed by atoms with E-state index in [4.69, 9.17) is 4.42 Å². The smallest absolute Gasteiger partial charge is 0.120 e. The van der Waals surface area contributed by atoms with Crippen LogP contribution in [0.3, 0.4) is 0 Å². The molecule has 0 bridgehead atoms. The largest absolute Gasteiger partial charge is 0.468 e. The molecular weight excluding hydrogens is 162 g/mol. The lowest BCUT2D eigenvalue weighted by atomic mass is 10.1. The molecule has 0 saturated heterocycles. The maximum Gasteiger partial charge on any atom is 0.120 e. The Labute approximate surface area is 78.3 Å². The molecule has 2 aliphatic carbocycles. The number of hydrogen-bond donors (Lipinski definition) is 1. The van der Waals surface area contributed by atoms with Crippen molar-refractivity contribution in [1.29, 1.82) is 0 Å². The van der Waals surface area contributed by atoms with Gasteiger partial charge in [0.15, 0.2) is 0 Å². The van der Waals surface area contributed by atoms with Crippen LogP contribution in [0.25, 0.3) is 0 Å². The fraction of sp³-hybridized carbons (Fsp3) is 0.636. The van der Waals surface area contributed by atoms with Crippen molar-refractivity contribution in [2.45, 2.75) is 44.2 Å². The summed E-state index contributed by atoms with van der Waals surface area (Å²) in [5.74, 6) is 1.99. The Morgan fingerprint density at radius 2 is 2.15 bits per heavy atom. The maximum absolute atomic E-state index is 5.48. The van der Waals surface area contributed by atoms with Gasteiger partial charge in [0.2, 0.25) is 0 Å². The van der Waals surface area contributed by atoms with E-state index in [-0.39, 0.29) is 0 Å². The highest BCUT2D eigenvalue weighted by molar-refractivity contribution is 5.26. The minimum atomic E-state index is 0.775. The van der Waals surface area contributed by atoms with Gasteiger partial charge < -0.3 is 9.73 Å². The molecule has 1 aromatic rings. The second-order valence-electron chi connectivity index (χ2n) is 4.23. The third-order valence-electron chi connectivity index (χ3n) is 2.93. The Morgan fingerprint density at radius 1 is 1.31 bits per heavy atom. The second-order valence-corrected chi connectivity index (χ2v) is 4.23. The molecular formula is C11H15NO. The molecule has 0 aliphatic heterocycles. The molecule has 1 aromatic heterocycles. The quantitative estimate of drug-likeness (QED) is 0.764. The van der Waals surface area contributed by atoms with E-state index >= 15 is 0 Å². The first kappa shape index (κ1) is 7.63. The molecule has 0 unspecified atom stereocenters. The van der Waals surface area contributed by atoms with E-state index in [2.05, 4.69) is 11.4 Å². The fourth-order valence-electron chi connectivity index (χ4n) is 1.78. The highest BCUT2D eigenvalue weighted by Gasteiger charge is 2.28. The minimum Gasteiger partial charge on any atom is -0.468 e. The molecule has 2 heteroatoms. The highest BCUT2D eigenvalue weighted by atomic mass is 16.3. The highest BCUT2D eigenvalue weighted by Crippen LogP contribution is 2.42. The molecule has 70 valence electrons. The lowest BCUT2D eigenvalue weighted by Gasteiger charge is -2.01. The van der Waals surface area contributed by atoms with E-state index in [1.807, 2.05) is 6.26 Å². The zero-order valence-electron chi connectivity index (χ0n) is 7.75. The first-order chi connectivity index (χ1) is 6.43. The van der Waals surface area contributed by atoms with Crippen LogP contribution < -0.4 is 5.32 Å². The summed E-state index contributed by atoms with van der Waals surface area (Å²) in [7, 11) is 0. The van der Waals surface area contributed by atoms with Crippen molar-refractivity contribution >= 4 is 0 Å². The van der Waals surface area contributed by atoms with E-state index in [9.17, 15) is 0 Å². The zero-order valence-corrected chi connectivity index (χ0v) is 7.75. The van der Waals surface area contributed by atoms with Gasteiger partial charge >= 0.3 is 0 Å². The number of rotatable bonds is 4. The molecule has 0 amide bonds. The first-order valence-corrected chi connectivity index (χ1v) is 5.23. The van der Waals surface area contributed by atoms with Crippen molar-refractivity contribution in [1.82, 2.24) is 5.32 Å². The standard InChI is InChI=1S/C11H15NO/c1-2-8(1)10-5-6-13-11(10)7-12-9-3-4-9/h5-6,8-9,12H,1-4,7H2. The van der Waals surface area contributed by atoms with Crippen LogP contribution >= 0.6 is 0 Å². The Balaban J connectivity index is 1.67. The Kier molecular flexibility index (Phi) is 1.69. The molecule has 2 saturated carbocycles. The van der Waals surface area contributed by atoms with Crippen LogP contribution in [0.15, 0.2) is 16.7 Å². The zero-order chi connectivity index (χ0) is 8.67. The predicted octanol–water partition coefficient (Wildman–Crippen LogP) is 2.41. The average Bonchev–Trinajstić information content (AvgIpc) is 3.03. The van der Waals surface area contributed by atoms with Crippen LogP contribution in [0.2, 0.25) is 0 Å². The normalized spacial score (nSPS) is 22.2. The van der Waals surface area contributed by atoms with Gasteiger partial charge in [0.25, 0.3) is 0 Å². The molecule has 2 fully saturated rings. The summed E-state index contributed by atoms with van der Waals surface area (Å²) in [6.07, 6.45) is 7.24. The van der Waals surface area contributed by atoms with Crippen molar-refractivity contribution in [3.05, 3.63) is 23.7 Å². The van der Waals surface area contributed by atoms with Gasteiger partial charge in [-0.3, -0.25) is 0 Å². The van der Waals surface area contributed by atoms with E-state index < -0.39 is 0 Å². The van der Waals surface area contributed by atoms with Gasteiger partial charge in [-0.25, -0.2) is 0 Å². The SMILES string of the molecule is c1cc(C2CC2)c(CNC2CC2)o1. The Bertz CT molecular complexity index is 297. The van der Waals surface area contributed by atoms with Crippen LogP contribution in [0, 0.1) is 0 Å². The van der Waals surface area contributed by atoms with Gasteiger partial charge in [-0.1, -0.05) is 0 Å². The number of nitrogens with one attached hydrogen (secondary N) is 1. The molecule has 0 atom stereocenters. The van der Waals surface area contributed by atoms with E-state index in [1.54, 1.807) is 0 Å². The summed E-state index contributed by atoms with van der Waals surface area (Å²) in [4.78, 5) is 0. The van der Waals surface area contributed by atoms with E-state index in [0.29, 0.717) is 0 Å². The summed E-state index contributed by atoms with van der Waals surface area (Å²) in [6.45, 7) is 0.934.